The molecule has 1 aromatic rings. The van der Waals surface area contributed by atoms with Gasteiger partial charge in [0.2, 0.25) is 5.91 Å². The number of carbonyl (C=O) groups is 1. The number of hydrogen-bond acceptors (Lipinski definition) is 4. The molecule has 1 aromatic heterocycles. The Morgan fingerprint density at radius 1 is 1.50 bits per heavy atom. The molecule has 0 radical (unpaired) electrons. The van der Waals surface area contributed by atoms with Crippen molar-refractivity contribution in [3.8, 4) is 0 Å². The van der Waals surface area contributed by atoms with Crippen molar-refractivity contribution in [2.24, 2.45) is 0 Å². The minimum absolute atomic E-state index is 0.121. The lowest BCUT2D eigenvalue weighted by Crippen LogP contribution is -2.24. The molecular weight excluding hydrogens is 156 g/mol. The quantitative estimate of drug-likeness (QED) is 0.586. The summed E-state index contributed by atoms with van der Waals surface area (Å²) in [6.45, 7) is 0.748. The predicted octanol–water partition coefficient (Wildman–Crippen LogP) is -0.00160. The Kier molecular flexibility index (Phi) is 1.69. The normalized spacial score (nSPS) is 17.0. The van der Waals surface area contributed by atoms with E-state index < -0.39 is 0 Å². The molecule has 0 bridgehead atoms. The molecule has 0 aliphatic carbocycles. The molecular formula is C7H8N4O. The Balaban J connectivity index is 2.25. The van der Waals surface area contributed by atoms with Gasteiger partial charge in [0.1, 0.15) is 0 Å². The van der Waals surface area contributed by atoms with Crippen LogP contribution in [0.1, 0.15) is 12.8 Å². The summed E-state index contributed by atoms with van der Waals surface area (Å²) < 4.78 is 0. The number of hydrogen-bond donors (Lipinski definition) is 0. The van der Waals surface area contributed by atoms with Gasteiger partial charge in [-0.25, -0.2) is 0 Å². The summed E-state index contributed by atoms with van der Waals surface area (Å²) in [5.74, 6) is 0.725. The van der Waals surface area contributed by atoms with Crippen LogP contribution in [0.25, 0.3) is 0 Å². The van der Waals surface area contributed by atoms with Crippen LogP contribution in [0.4, 0.5) is 5.82 Å². The van der Waals surface area contributed by atoms with Crippen molar-refractivity contribution < 1.29 is 4.79 Å². The van der Waals surface area contributed by atoms with Gasteiger partial charge in [-0.1, -0.05) is 0 Å². The molecule has 0 atom stereocenters. The summed E-state index contributed by atoms with van der Waals surface area (Å²) in [5, 5.41) is 10.8. The van der Waals surface area contributed by atoms with Crippen molar-refractivity contribution >= 4 is 11.7 Å². The Morgan fingerprint density at radius 2 is 2.42 bits per heavy atom. The average molecular weight is 164 g/mol. The van der Waals surface area contributed by atoms with Gasteiger partial charge in [-0.05, 0) is 11.6 Å². The van der Waals surface area contributed by atoms with Crippen LogP contribution in [0, 0.1) is 0 Å². The van der Waals surface area contributed by atoms with Gasteiger partial charge < -0.3 is 0 Å². The fourth-order valence-corrected chi connectivity index (χ4v) is 1.27. The highest BCUT2D eigenvalue weighted by molar-refractivity contribution is 5.94. The van der Waals surface area contributed by atoms with Crippen LogP contribution in [-0.2, 0) is 4.79 Å². The summed E-state index contributed by atoms with van der Waals surface area (Å²) in [4.78, 5) is 12.8. The SMILES string of the molecule is O=C1CCCN1c1ccnnn1. The predicted molar refractivity (Wildman–Crippen MR) is 41.4 cm³/mol. The second kappa shape index (κ2) is 2.84. The summed E-state index contributed by atoms with van der Waals surface area (Å²) in [6, 6.07) is 1.69. The van der Waals surface area contributed by atoms with Crippen LogP contribution in [0.3, 0.4) is 0 Å². The van der Waals surface area contributed by atoms with Crippen molar-refractivity contribution in [2.75, 3.05) is 11.4 Å². The smallest absolute Gasteiger partial charge is 0.228 e. The van der Waals surface area contributed by atoms with E-state index in [1.54, 1.807) is 11.0 Å². The van der Waals surface area contributed by atoms with Gasteiger partial charge in [-0.2, -0.15) is 0 Å². The summed E-state index contributed by atoms with van der Waals surface area (Å²) in [5.41, 5.74) is 0. The number of nitrogens with zero attached hydrogens (tertiary/aromatic N) is 4. The Hall–Kier alpha value is -1.52. The van der Waals surface area contributed by atoms with Crippen molar-refractivity contribution in [1.82, 2.24) is 15.4 Å². The van der Waals surface area contributed by atoms with Crippen LogP contribution < -0.4 is 4.90 Å². The number of carbonyl (C=O) groups excluding carboxylic acids is 1. The first-order valence-corrected chi connectivity index (χ1v) is 3.82. The lowest BCUT2D eigenvalue weighted by Gasteiger charge is -2.11. The zero-order valence-electron chi connectivity index (χ0n) is 6.47. The molecule has 1 aliphatic rings. The van der Waals surface area contributed by atoms with Crippen molar-refractivity contribution in [2.45, 2.75) is 12.8 Å². The van der Waals surface area contributed by atoms with Crippen LogP contribution >= 0.6 is 0 Å². The lowest BCUT2D eigenvalue weighted by molar-refractivity contribution is -0.117. The van der Waals surface area contributed by atoms with Gasteiger partial charge in [0.05, 0.1) is 6.20 Å². The minimum Gasteiger partial charge on any atom is -0.295 e. The first-order chi connectivity index (χ1) is 5.88. The average Bonchev–Trinajstić information content (AvgIpc) is 2.53. The number of aromatic nitrogens is 3. The molecule has 5 heteroatoms. The van der Waals surface area contributed by atoms with Crippen LogP contribution in [0.2, 0.25) is 0 Å². The zero-order chi connectivity index (χ0) is 8.39. The molecule has 1 fully saturated rings. The van der Waals surface area contributed by atoms with Gasteiger partial charge >= 0.3 is 0 Å². The lowest BCUT2D eigenvalue weighted by atomic mass is 10.4. The van der Waals surface area contributed by atoms with Crippen LogP contribution in [0.15, 0.2) is 12.3 Å². The Morgan fingerprint density at radius 3 is 3.00 bits per heavy atom. The first kappa shape index (κ1) is 7.15. The molecule has 2 rings (SSSR count). The van der Waals surface area contributed by atoms with E-state index in [1.807, 2.05) is 0 Å². The van der Waals surface area contributed by atoms with Gasteiger partial charge in [-0.15, -0.1) is 10.2 Å². The molecule has 0 aromatic carbocycles. The highest BCUT2D eigenvalue weighted by atomic mass is 16.2. The highest BCUT2D eigenvalue weighted by Gasteiger charge is 2.22. The molecule has 62 valence electrons. The molecule has 5 nitrogen and oxygen atoms in total. The van der Waals surface area contributed by atoms with Crippen LogP contribution in [0.5, 0.6) is 0 Å². The number of anilines is 1. The second-order valence-corrected chi connectivity index (χ2v) is 2.63. The van der Waals surface area contributed by atoms with E-state index in [0.29, 0.717) is 12.2 Å². The first-order valence-electron chi connectivity index (χ1n) is 3.82. The number of rotatable bonds is 1. The molecule has 1 aliphatic heterocycles. The maximum Gasteiger partial charge on any atom is 0.228 e. The zero-order valence-corrected chi connectivity index (χ0v) is 6.47. The third-order valence-corrected chi connectivity index (χ3v) is 1.84. The van der Waals surface area contributed by atoms with Crippen LogP contribution in [-0.4, -0.2) is 27.9 Å². The van der Waals surface area contributed by atoms with Crippen molar-refractivity contribution in [3.63, 3.8) is 0 Å². The standard InChI is InChI=1S/C7H8N4O/c12-7-2-1-5-11(7)6-3-4-8-10-9-6/h3-4H,1-2,5H2. The fraction of sp³-hybridized carbons (Fsp3) is 0.429. The molecule has 1 amide bonds. The van der Waals surface area contributed by atoms with E-state index >= 15 is 0 Å². The third kappa shape index (κ3) is 1.13. The summed E-state index contributed by atoms with van der Waals surface area (Å²) >= 11 is 0. The third-order valence-electron chi connectivity index (χ3n) is 1.84. The molecule has 2 heterocycles. The van der Waals surface area contributed by atoms with Gasteiger partial charge in [0.15, 0.2) is 5.82 Å². The van der Waals surface area contributed by atoms with Crippen molar-refractivity contribution in [3.05, 3.63) is 12.3 Å². The van der Waals surface area contributed by atoms with E-state index in [2.05, 4.69) is 15.4 Å². The maximum atomic E-state index is 11.2. The fourth-order valence-electron chi connectivity index (χ4n) is 1.27. The molecule has 0 saturated carbocycles. The minimum atomic E-state index is 0.121. The molecule has 0 spiro atoms. The Bertz CT molecular complexity index is 287. The van der Waals surface area contributed by atoms with E-state index in [9.17, 15) is 4.79 Å². The molecule has 1 saturated heterocycles. The summed E-state index contributed by atoms with van der Waals surface area (Å²) in [6.07, 6.45) is 3.06. The molecule has 0 N–H and O–H groups in total. The van der Waals surface area contributed by atoms with Gasteiger partial charge in [0, 0.05) is 19.0 Å². The van der Waals surface area contributed by atoms with E-state index in [-0.39, 0.29) is 5.91 Å². The van der Waals surface area contributed by atoms with Crippen molar-refractivity contribution in [1.29, 1.82) is 0 Å². The highest BCUT2D eigenvalue weighted by Crippen LogP contribution is 2.16. The van der Waals surface area contributed by atoms with E-state index in [4.69, 9.17) is 0 Å². The van der Waals surface area contributed by atoms with Gasteiger partial charge in [-0.3, -0.25) is 9.69 Å². The topological polar surface area (TPSA) is 59.0 Å². The largest absolute Gasteiger partial charge is 0.295 e. The Labute approximate surface area is 69.4 Å². The number of amides is 1. The van der Waals surface area contributed by atoms with Gasteiger partial charge in [0.25, 0.3) is 0 Å². The molecule has 12 heavy (non-hydrogen) atoms. The monoisotopic (exact) mass is 164 g/mol. The second-order valence-electron chi connectivity index (χ2n) is 2.63. The summed E-state index contributed by atoms with van der Waals surface area (Å²) in [7, 11) is 0. The molecule has 0 unspecified atom stereocenters. The van der Waals surface area contributed by atoms with E-state index in [0.717, 1.165) is 13.0 Å². The van der Waals surface area contributed by atoms with E-state index in [1.165, 1.54) is 6.20 Å². The maximum absolute atomic E-state index is 11.2.